The Labute approximate surface area is 123 Å². The molecule has 2 unspecified atom stereocenters. The lowest BCUT2D eigenvalue weighted by molar-refractivity contribution is 0.0760. The topological polar surface area (TPSA) is 60.8 Å². The van der Waals surface area contributed by atoms with Crippen LogP contribution < -0.4 is 0 Å². The molecule has 3 rings (SSSR count). The molecule has 0 radical (unpaired) electrons. The number of rotatable bonds is 2. The summed E-state index contributed by atoms with van der Waals surface area (Å²) in [6, 6.07) is 11.0. The normalized spacial score (nSPS) is 19.9. The second-order valence-corrected chi connectivity index (χ2v) is 5.76. The van der Waals surface area contributed by atoms with Crippen LogP contribution in [0.1, 0.15) is 23.7 Å². The first kappa shape index (κ1) is 13.9. The number of likely N-dealkylation sites (tertiary alicyclic amines) is 1. The predicted octanol–water partition coefficient (Wildman–Crippen LogP) is 2.39. The number of benzene rings is 2. The Hall–Kier alpha value is -2.07. The van der Waals surface area contributed by atoms with Gasteiger partial charge in [0.2, 0.25) is 0 Å². The summed E-state index contributed by atoms with van der Waals surface area (Å²) in [6.07, 6.45) is 0.394. The number of nitrogens with zero attached hydrogens (tertiary/aromatic N) is 1. The lowest BCUT2D eigenvalue weighted by atomic mass is 10.0. The quantitative estimate of drug-likeness (QED) is 0.890. The Kier molecular flexibility index (Phi) is 3.55. The average Bonchev–Trinajstić information content (AvgIpc) is 2.96. The molecule has 1 saturated heterocycles. The lowest BCUT2D eigenvalue weighted by Crippen LogP contribution is -2.30. The van der Waals surface area contributed by atoms with E-state index in [1.807, 2.05) is 24.3 Å². The molecule has 0 aliphatic carbocycles. The molecule has 2 aromatic rings. The number of hydrogen-bond donors (Lipinski definition) is 2. The fourth-order valence-electron chi connectivity index (χ4n) is 2.94. The van der Waals surface area contributed by atoms with Crippen LogP contribution in [0.5, 0.6) is 5.75 Å². The minimum absolute atomic E-state index is 0.0131. The summed E-state index contributed by atoms with van der Waals surface area (Å²) in [7, 11) is 0. The molecule has 21 heavy (non-hydrogen) atoms. The van der Waals surface area contributed by atoms with Gasteiger partial charge in [-0.05, 0) is 36.2 Å². The van der Waals surface area contributed by atoms with Gasteiger partial charge in [0.25, 0.3) is 5.91 Å². The summed E-state index contributed by atoms with van der Waals surface area (Å²) in [6.45, 7) is 2.93. The number of aromatic hydroxyl groups is 1. The highest BCUT2D eigenvalue weighted by Gasteiger charge is 2.30. The number of carbonyl (C=O) groups is 1. The van der Waals surface area contributed by atoms with Crippen molar-refractivity contribution >= 4 is 16.7 Å². The summed E-state index contributed by atoms with van der Waals surface area (Å²) in [5.74, 6) is -0.0304. The van der Waals surface area contributed by atoms with Crippen molar-refractivity contribution in [3.05, 3.63) is 42.0 Å². The SMILES string of the molecule is CC(O)C1CCN(C(=O)c2cc3ccccc3cc2O)C1. The van der Waals surface area contributed by atoms with E-state index in [2.05, 4.69) is 0 Å². The van der Waals surface area contributed by atoms with Gasteiger partial charge in [-0.2, -0.15) is 0 Å². The van der Waals surface area contributed by atoms with Crippen molar-refractivity contribution in [2.24, 2.45) is 5.92 Å². The number of carbonyl (C=O) groups excluding carboxylic acids is 1. The third-order valence-electron chi connectivity index (χ3n) is 4.29. The number of aliphatic hydroxyl groups is 1. The highest BCUT2D eigenvalue weighted by atomic mass is 16.3. The summed E-state index contributed by atoms with van der Waals surface area (Å²) in [5, 5.41) is 21.6. The Morgan fingerprint density at radius 3 is 2.57 bits per heavy atom. The van der Waals surface area contributed by atoms with Crippen LogP contribution in [0.3, 0.4) is 0 Å². The number of phenolic OH excluding ortho intramolecular Hbond substituents is 1. The Morgan fingerprint density at radius 2 is 1.95 bits per heavy atom. The highest BCUT2D eigenvalue weighted by Crippen LogP contribution is 2.28. The number of aliphatic hydroxyl groups excluding tert-OH is 1. The van der Waals surface area contributed by atoms with Crippen LogP contribution in [-0.4, -0.2) is 40.2 Å². The van der Waals surface area contributed by atoms with Gasteiger partial charge in [0.15, 0.2) is 0 Å². The van der Waals surface area contributed by atoms with Crippen molar-refractivity contribution in [3.63, 3.8) is 0 Å². The van der Waals surface area contributed by atoms with Crippen LogP contribution in [0.25, 0.3) is 10.8 Å². The second kappa shape index (κ2) is 5.37. The molecule has 110 valence electrons. The van der Waals surface area contributed by atoms with E-state index < -0.39 is 6.10 Å². The van der Waals surface area contributed by atoms with Crippen molar-refractivity contribution in [1.29, 1.82) is 0 Å². The van der Waals surface area contributed by atoms with Gasteiger partial charge in [0.05, 0.1) is 11.7 Å². The Balaban J connectivity index is 1.90. The van der Waals surface area contributed by atoms with E-state index in [0.717, 1.165) is 17.2 Å². The van der Waals surface area contributed by atoms with Gasteiger partial charge in [-0.1, -0.05) is 24.3 Å². The molecule has 1 aliphatic heterocycles. The minimum atomic E-state index is -0.409. The molecule has 1 heterocycles. The predicted molar refractivity (Wildman–Crippen MR) is 81.3 cm³/mol. The number of fused-ring (bicyclic) bond motifs is 1. The second-order valence-electron chi connectivity index (χ2n) is 5.76. The molecule has 0 bridgehead atoms. The third kappa shape index (κ3) is 2.59. The first-order valence-corrected chi connectivity index (χ1v) is 7.25. The van der Waals surface area contributed by atoms with E-state index in [4.69, 9.17) is 0 Å². The fraction of sp³-hybridized carbons (Fsp3) is 0.353. The van der Waals surface area contributed by atoms with Crippen LogP contribution in [0.15, 0.2) is 36.4 Å². The van der Waals surface area contributed by atoms with Gasteiger partial charge in [-0.25, -0.2) is 0 Å². The van der Waals surface area contributed by atoms with Crippen molar-refractivity contribution in [1.82, 2.24) is 4.90 Å². The molecular formula is C17H19NO3. The molecule has 4 heteroatoms. The van der Waals surface area contributed by atoms with Gasteiger partial charge in [-0.15, -0.1) is 0 Å². The molecule has 1 aliphatic rings. The van der Waals surface area contributed by atoms with Crippen LogP contribution >= 0.6 is 0 Å². The largest absolute Gasteiger partial charge is 0.507 e. The standard InChI is InChI=1S/C17H19NO3/c1-11(19)14-6-7-18(10-14)17(21)15-8-12-4-2-3-5-13(12)9-16(15)20/h2-5,8-9,11,14,19-20H,6-7,10H2,1H3. The van der Waals surface area contributed by atoms with E-state index in [0.29, 0.717) is 18.7 Å². The fourth-order valence-corrected chi connectivity index (χ4v) is 2.94. The third-order valence-corrected chi connectivity index (χ3v) is 4.29. The van der Waals surface area contributed by atoms with E-state index in [-0.39, 0.29) is 17.6 Å². The van der Waals surface area contributed by atoms with E-state index >= 15 is 0 Å². The molecule has 0 aromatic heterocycles. The molecule has 0 saturated carbocycles. The Bertz CT molecular complexity index is 681. The molecule has 1 fully saturated rings. The smallest absolute Gasteiger partial charge is 0.257 e. The monoisotopic (exact) mass is 285 g/mol. The highest BCUT2D eigenvalue weighted by molar-refractivity contribution is 6.01. The van der Waals surface area contributed by atoms with Crippen molar-refractivity contribution in [3.8, 4) is 5.75 Å². The summed E-state index contributed by atoms with van der Waals surface area (Å²) in [4.78, 5) is 14.3. The van der Waals surface area contributed by atoms with Crippen LogP contribution in [0.2, 0.25) is 0 Å². The van der Waals surface area contributed by atoms with Crippen LogP contribution in [0, 0.1) is 5.92 Å². The average molecular weight is 285 g/mol. The molecule has 2 N–H and O–H groups in total. The molecule has 2 atom stereocenters. The molecule has 0 spiro atoms. The first-order chi connectivity index (χ1) is 10.1. The van der Waals surface area contributed by atoms with Crippen LogP contribution in [-0.2, 0) is 0 Å². The van der Waals surface area contributed by atoms with Crippen molar-refractivity contribution in [2.75, 3.05) is 13.1 Å². The first-order valence-electron chi connectivity index (χ1n) is 7.25. The number of amides is 1. The maximum Gasteiger partial charge on any atom is 0.257 e. The number of phenols is 1. The summed E-state index contributed by atoms with van der Waals surface area (Å²) in [5.41, 5.74) is 0.333. The zero-order chi connectivity index (χ0) is 15.0. The summed E-state index contributed by atoms with van der Waals surface area (Å²) >= 11 is 0. The minimum Gasteiger partial charge on any atom is -0.507 e. The summed E-state index contributed by atoms with van der Waals surface area (Å²) < 4.78 is 0. The number of hydrogen-bond acceptors (Lipinski definition) is 3. The zero-order valence-electron chi connectivity index (χ0n) is 12.0. The molecule has 4 nitrogen and oxygen atoms in total. The van der Waals surface area contributed by atoms with Gasteiger partial charge in [0, 0.05) is 19.0 Å². The Morgan fingerprint density at radius 1 is 1.29 bits per heavy atom. The van der Waals surface area contributed by atoms with Gasteiger partial charge < -0.3 is 15.1 Å². The maximum atomic E-state index is 12.6. The van der Waals surface area contributed by atoms with Crippen LogP contribution in [0.4, 0.5) is 0 Å². The zero-order valence-corrected chi connectivity index (χ0v) is 12.0. The van der Waals surface area contributed by atoms with Gasteiger partial charge in [0.1, 0.15) is 5.75 Å². The van der Waals surface area contributed by atoms with Gasteiger partial charge >= 0.3 is 0 Å². The lowest BCUT2D eigenvalue weighted by Gasteiger charge is -2.18. The van der Waals surface area contributed by atoms with E-state index in [9.17, 15) is 15.0 Å². The maximum absolute atomic E-state index is 12.6. The van der Waals surface area contributed by atoms with Gasteiger partial charge in [-0.3, -0.25) is 4.79 Å². The molecule has 2 aromatic carbocycles. The van der Waals surface area contributed by atoms with E-state index in [1.54, 1.807) is 24.0 Å². The van der Waals surface area contributed by atoms with Crippen molar-refractivity contribution in [2.45, 2.75) is 19.4 Å². The van der Waals surface area contributed by atoms with E-state index in [1.165, 1.54) is 0 Å². The molecule has 1 amide bonds. The molecular weight excluding hydrogens is 266 g/mol. The van der Waals surface area contributed by atoms with Crippen molar-refractivity contribution < 1.29 is 15.0 Å².